The molecule has 0 heterocycles. The van der Waals surface area contributed by atoms with E-state index in [1.54, 1.807) is 18.2 Å². The van der Waals surface area contributed by atoms with Gasteiger partial charge in [0.1, 0.15) is 18.5 Å². The van der Waals surface area contributed by atoms with Crippen molar-refractivity contribution in [2.24, 2.45) is 0 Å². The van der Waals surface area contributed by atoms with Crippen LogP contribution in [0, 0.1) is 6.92 Å². The Morgan fingerprint density at radius 1 is 1.12 bits per heavy atom. The number of aryl methyl sites for hydroxylation is 1. The van der Waals surface area contributed by atoms with Crippen LogP contribution in [-0.2, 0) is 11.3 Å². The van der Waals surface area contributed by atoms with Crippen molar-refractivity contribution in [3.8, 4) is 5.75 Å². The Morgan fingerprint density at radius 3 is 2.64 bits per heavy atom. The Morgan fingerprint density at radius 2 is 1.88 bits per heavy atom. The van der Waals surface area contributed by atoms with Gasteiger partial charge in [0.2, 0.25) is 0 Å². The van der Waals surface area contributed by atoms with Crippen molar-refractivity contribution < 1.29 is 14.3 Å². The second-order valence-corrected chi connectivity index (χ2v) is 6.63. The van der Waals surface area contributed by atoms with Crippen molar-refractivity contribution in [1.82, 2.24) is 0 Å². The second kappa shape index (κ2) is 8.06. The monoisotopic (exact) mass is 339 g/mol. The number of nitrogens with two attached hydrogens (primary N) is 1. The van der Waals surface area contributed by atoms with Gasteiger partial charge in [-0.25, -0.2) is 4.79 Å². The number of carbonyl (C=O) groups excluding carboxylic acids is 1. The molecule has 0 spiro atoms. The zero-order valence-corrected chi connectivity index (χ0v) is 14.7. The van der Waals surface area contributed by atoms with E-state index >= 15 is 0 Å². The van der Waals surface area contributed by atoms with E-state index in [0.29, 0.717) is 23.6 Å². The smallest absolute Gasteiger partial charge is 0.338 e. The molecule has 0 saturated heterocycles. The summed E-state index contributed by atoms with van der Waals surface area (Å²) in [6.45, 7) is 2.46. The Hall–Kier alpha value is -2.49. The number of hydrogen-bond acceptors (Lipinski definition) is 4. The number of nitrogen functional groups attached to an aromatic ring is 1. The first-order valence-electron chi connectivity index (χ1n) is 8.91. The summed E-state index contributed by atoms with van der Waals surface area (Å²) in [4.78, 5) is 12.4. The van der Waals surface area contributed by atoms with Crippen LogP contribution in [0.3, 0.4) is 0 Å². The molecule has 1 fully saturated rings. The van der Waals surface area contributed by atoms with Crippen molar-refractivity contribution >= 4 is 11.7 Å². The average molecular weight is 339 g/mol. The molecule has 0 atom stereocenters. The maximum absolute atomic E-state index is 12.4. The maximum atomic E-state index is 12.4. The fourth-order valence-electron chi connectivity index (χ4n) is 3.12. The molecule has 1 saturated carbocycles. The summed E-state index contributed by atoms with van der Waals surface area (Å²) >= 11 is 0. The van der Waals surface area contributed by atoms with Gasteiger partial charge in [-0.15, -0.1) is 0 Å². The minimum Gasteiger partial charge on any atom is -0.487 e. The summed E-state index contributed by atoms with van der Waals surface area (Å²) in [6.07, 6.45) is 5.44. The number of ether oxygens (including phenoxy) is 2. The van der Waals surface area contributed by atoms with Crippen LogP contribution < -0.4 is 10.5 Å². The number of hydrogen-bond donors (Lipinski definition) is 1. The lowest BCUT2D eigenvalue weighted by molar-refractivity contribution is 0.0211. The standard InChI is InChI=1S/C21H25NO3/c1-15-7-5-6-8-17(15)14-24-20-13-16(11-12-19(20)22)21(23)25-18-9-3-2-4-10-18/h5-8,11-13,18H,2-4,9-10,14,22H2,1H3. The molecule has 3 rings (SSSR count). The first-order chi connectivity index (χ1) is 12.1. The second-order valence-electron chi connectivity index (χ2n) is 6.63. The largest absolute Gasteiger partial charge is 0.487 e. The van der Waals surface area contributed by atoms with Crippen LogP contribution >= 0.6 is 0 Å². The summed E-state index contributed by atoms with van der Waals surface area (Å²) in [7, 11) is 0. The molecule has 2 aromatic rings. The molecule has 132 valence electrons. The fraction of sp³-hybridized carbons (Fsp3) is 0.381. The SMILES string of the molecule is Cc1ccccc1COc1cc(C(=O)OC2CCCCC2)ccc1N. The van der Waals surface area contributed by atoms with E-state index in [9.17, 15) is 4.79 Å². The molecule has 25 heavy (non-hydrogen) atoms. The van der Waals surface area contributed by atoms with Gasteiger partial charge in [-0.2, -0.15) is 0 Å². The van der Waals surface area contributed by atoms with Crippen LogP contribution in [-0.4, -0.2) is 12.1 Å². The first kappa shape index (κ1) is 17.3. The number of benzene rings is 2. The number of rotatable bonds is 5. The minimum atomic E-state index is -0.298. The Labute approximate surface area is 148 Å². The average Bonchev–Trinajstić information content (AvgIpc) is 2.63. The fourth-order valence-corrected chi connectivity index (χ4v) is 3.12. The molecule has 0 amide bonds. The number of anilines is 1. The van der Waals surface area contributed by atoms with Gasteiger partial charge in [-0.05, 0) is 61.9 Å². The first-order valence-corrected chi connectivity index (χ1v) is 8.91. The molecular formula is C21H25NO3. The van der Waals surface area contributed by atoms with Crippen molar-refractivity contribution in [2.75, 3.05) is 5.73 Å². The van der Waals surface area contributed by atoms with Gasteiger partial charge >= 0.3 is 5.97 Å². The van der Waals surface area contributed by atoms with Crippen LogP contribution in [0.25, 0.3) is 0 Å². The molecule has 1 aliphatic rings. The predicted octanol–water partition coefficient (Wildman–Crippen LogP) is 4.65. The minimum absolute atomic E-state index is 0.0372. The summed E-state index contributed by atoms with van der Waals surface area (Å²) in [5.74, 6) is 0.217. The predicted molar refractivity (Wildman–Crippen MR) is 98.7 cm³/mol. The molecule has 0 bridgehead atoms. The lowest BCUT2D eigenvalue weighted by Crippen LogP contribution is -2.21. The van der Waals surface area contributed by atoms with Crippen molar-refractivity contribution in [2.45, 2.75) is 51.7 Å². The normalized spacial score (nSPS) is 14.9. The highest BCUT2D eigenvalue weighted by molar-refractivity contribution is 5.90. The third-order valence-electron chi connectivity index (χ3n) is 4.72. The van der Waals surface area contributed by atoms with Gasteiger partial charge in [0.15, 0.2) is 0 Å². The van der Waals surface area contributed by atoms with Gasteiger partial charge in [-0.1, -0.05) is 30.7 Å². The molecule has 2 aromatic carbocycles. The van der Waals surface area contributed by atoms with Crippen molar-refractivity contribution in [3.05, 3.63) is 59.2 Å². The molecule has 0 radical (unpaired) electrons. The molecular weight excluding hydrogens is 314 g/mol. The third kappa shape index (κ3) is 4.53. The van der Waals surface area contributed by atoms with E-state index in [1.807, 2.05) is 31.2 Å². The summed E-state index contributed by atoms with van der Waals surface area (Å²) in [6, 6.07) is 13.1. The zero-order valence-electron chi connectivity index (χ0n) is 14.7. The topological polar surface area (TPSA) is 61.5 Å². The molecule has 0 aromatic heterocycles. The van der Waals surface area contributed by atoms with E-state index < -0.39 is 0 Å². The zero-order chi connectivity index (χ0) is 17.6. The quantitative estimate of drug-likeness (QED) is 0.636. The Balaban J connectivity index is 1.67. The molecule has 1 aliphatic carbocycles. The Kier molecular flexibility index (Phi) is 5.59. The number of esters is 1. The van der Waals surface area contributed by atoms with Crippen LogP contribution in [0.1, 0.15) is 53.6 Å². The lowest BCUT2D eigenvalue weighted by atomic mass is 9.98. The molecule has 2 N–H and O–H groups in total. The van der Waals surface area contributed by atoms with E-state index in [1.165, 1.54) is 6.42 Å². The van der Waals surface area contributed by atoms with E-state index in [0.717, 1.165) is 36.8 Å². The summed E-state index contributed by atoms with van der Waals surface area (Å²) < 4.78 is 11.5. The van der Waals surface area contributed by atoms with Crippen LogP contribution in [0.4, 0.5) is 5.69 Å². The highest BCUT2D eigenvalue weighted by Crippen LogP contribution is 2.26. The van der Waals surface area contributed by atoms with Crippen LogP contribution in [0.5, 0.6) is 5.75 Å². The summed E-state index contributed by atoms with van der Waals surface area (Å²) in [5.41, 5.74) is 9.26. The van der Waals surface area contributed by atoms with Gasteiger partial charge in [0.25, 0.3) is 0 Å². The molecule has 4 heteroatoms. The van der Waals surface area contributed by atoms with Crippen LogP contribution in [0.2, 0.25) is 0 Å². The van der Waals surface area contributed by atoms with Gasteiger partial charge < -0.3 is 15.2 Å². The molecule has 0 aliphatic heterocycles. The highest BCUT2D eigenvalue weighted by atomic mass is 16.5. The molecule has 4 nitrogen and oxygen atoms in total. The van der Waals surface area contributed by atoms with Crippen molar-refractivity contribution in [1.29, 1.82) is 0 Å². The van der Waals surface area contributed by atoms with Crippen molar-refractivity contribution in [3.63, 3.8) is 0 Å². The van der Waals surface area contributed by atoms with Gasteiger partial charge in [-0.3, -0.25) is 0 Å². The maximum Gasteiger partial charge on any atom is 0.338 e. The van der Waals surface area contributed by atoms with E-state index in [4.69, 9.17) is 15.2 Å². The van der Waals surface area contributed by atoms with E-state index in [2.05, 4.69) is 0 Å². The van der Waals surface area contributed by atoms with Gasteiger partial charge in [0, 0.05) is 0 Å². The van der Waals surface area contributed by atoms with Gasteiger partial charge in [0.05, 0.1) is 11.3 Å². The third-order valence-corrected chi connectivity index (χ3v) is 4.72. The highest BCUT2D eigenvalue weighted by Gasteiger charge is 2.19. The molecule has 0 unspecified atom stereocenters. The van der Waals surface area contributed by atoms with Crippen LogP contribution in [0.15, 0.2) is 42.5 Å². The lowest BCUT2D eigenvalue weighted by Gasteiger charge is -2.22. The summed E-state index contributed by atoms with van der Waals surface area (Å²) in [5, 5.41) is 0. The number of carbonyl (C=O) groups is 1. The Bertz CT molecular complexity index is 736. The van der Waals surface area contributed by atoms with E-state index in [-0.39, 0.29) is 12.1 Å².